The van der Waals surface area contributed by atoms with Crippen LogP contribution in [0.2, 0.25) is 0 Å². The van der Waals surface area contributed by atoms with Gasteiger partial charge in [-0.25, -0.2) is 0 Å². The Morgan fingerprint density at radius 1 is 1.32 bits per heavy atom. The molecule has 0 spiro atoms. The average molecular weight is 305 g/mol. The molecule has 1 atom stereocenters. The maximum atomic E-state index is 11.9. The summed E-state index contributed by atoms with van der Waals surface area (Å²) in [6, 6.07) is 10.0. The van der Waals surface area contributed by atoms with E-state index in [1.807, 2.05) is 30.3 Å². The van der Waals surface area contributed by atoms with Crippen LogP contribution in [0.5, 0.6) is 0 Å². The van der Waals surface area contributed by atoms with Crippen LogP contribution in [0.25, 0.3) is 0 Å². The highest BCUT2D eigenvalue weighted by Gasteiger charge is 2.26. The zero-order valence-corrected chi connectivity index (χ0v) is 12.7. The molecule has 1 heterocycles. The SMILES string of the molecule is NCC(=O)NCC(=O)N1CCC(COCc2ccccc2)C1. The summed E-state index contributed by atoms with van der Waals surface area (Å²) < 4.78 is 5.72. The van der Waals surface area contributed by atoms with Crippen molar-refractivity contribution in [3.63, 3.8) is 0 Å². The third kappa shape index (κ3) is 5.13. The molecule has 0 radical (unpaired) electrons. The maximum Gasteiger partial charge on any atom is 0.241 e. The highest BCUT2D eigenvalue weighted by atomic mass is 16.5. The van der Waals surface area contributed by atoms with Crippen molar-refractivity contribution in [3.05, 3.63) is 35.9 Å². The number of amides is 2. The minimum absolute atomic E-state index is 0.0215. The van der Waals surface area contributed by atoms with E-state index in [1.54, 1.807) is 4.90 Å². The number of carbonyl (C=O) groups excluding carboxylic acids is 2. The van der Waals surface area contributed by atoms with Gasteiger partial charge in [0.2, 0.25) is 11.8 Å². The number of nitrogens with one attached hydrogen (secondary N) is 1. The van der Waals surface area contributed by atoms with E-state index in [9.17, 15) is 9.59 Å². The van der Waals surface area contributed by atoms with Crippen LogP contribution in [-0.4, -0.2) is 49.5 Å². The van der Waals surface area contributed by atoms with Crippen molar-refractivity contribution in [2.45, 2.75) is 13.0 Å². The van der Waals surface area contributed by atoms with E-state index < -0.39 is 0 Å². The summed E-state index contributed by atoms with van der Waals surface area (Å²) in [5.74, 6) is -0.0134. The Balaban J connectivity index is 1.65. The van der Waals surface area contributed by atoms with E-state index in [0.29, 0.717) is 25.7 Å². The third-order valence-corrected chi connectivity index (χ3v) is 3.73. The summed E-state index contributed by atoms with van der Waals surface area (Å²) >= 11 is 0. The Labute approximate surface area is 130 Å². The second-order valence-corrected chi connectivity index (χ2v) is 5.48. The lowest BCUT2D eigenvalue weighted by molar-refractivity contribution is -0.131. The lowest BCUT2D eigenvalue weighted by atomic mass is 10.1. The van der Waals surface area contributed by atoms with Gasteiger partial charge in [-0.05, 0) is 12.0 Å². The van der Waals surface area contributed by atoms with Crippen molar-refractivity contribution in [3.8, 4) is 0 Å². The Bertz CT molecular complexity index is 493. The highest BCUT2D eigenvalue weighted by molar-refractivity contribution is 5.85. The number of rotatable bonds is 7. The Morgan fingerprint density at radius 2 is 2.09 bits per heavy atom. The summed E-state index contributed by atoms with van der Waals surface area (Å²) in [5, 5.41) is 2.50. The molecule has 1 aliphatic heterocycles. The Hall–Kier alpha value is -1.92. The van der Waals surface area contributed by atoms with Crippen LogP contribution in [0, 0.1) is 5.92 Å². The van der Waals surface area contributed by atoms with Gasteiger partial charge in [0.05, 0.1) is 26.3 Å². The fourth-order valence-corrected chi connectivity index (χ4v) is 2.47. The summed E-state index contributed by atoms with van der Waals surface area (Å²) in [6.45, 7) is 2.57. The topological polar surface area (TPSA) is 84.7 Å². The molecule has 2 amide bonds. The minimum atomic E-state index is -0.310. The van der Waals surface area contributed by atoms with Crippen molar-refractivity contribution in [2.24, 2.45) is 11.7 Å². The first-order valence-corrected chi connectivity index (χ1v) is 7.55. The lowest BCUT2D eigenvalue weighted by Crippen LogP contribution is -2.41. The molecule has 0 aliphatic carbocycles. The molecule has 22 heavy (non-hydrogen) atoms. The molecule has 0 saturated carbocycles. The van der Waals surface area contributed by atoms with Gasteiger partial charge in [-0.15, -0.1) is 0 Å². The largest absolute Gasteiger partial charge is 0.376 e. The van der Waals surface area contributed by atoms with Gasteiger partial charge in [-0.1, -0.05) is 30.3 Å². The van der Waals surface area contributed by atoms with Gasteiger partial charge in [0, 0.05) is 19.0 Å². The first kappa shape index (κ1) is 16.5. The average Bonchev–Trinajstić information content (AvgIpc) is 3.02. The van der Waals surface area contributed by atoms with Crippen molar-refractivity contribution >= 4 is 11.8 Å². The van der Waals surface area contributed by atoms with Gasteiger partial charge in [-0.3, -0.25) is 9.59 Å². The monoisotopic (exact) mass is 305 g/mol. The quantitative estimate of drug-likeness (QED) is 0.750. The zero-order chi connectivity index (χ0) is 15.8. The fourth-order valence-electron chi connectivity index (χ4n) is 2.47. The van der Waals surface area contributed by atoms with Crippen LogP contribution in [0.4, 0.5) is 0 Å². The zero-order valence-electron chi connectivity index (χ0n) is 12.7. The molecule has 2 rings (SSSR count). The second-order valence-electron chi connectivity index (χ2n) is 5.48. The molecular formula is C16H23N3O3. The fraction of sp³-hybridized carbons (Fsp3) is 0.500. The summed E-state index contributed by atoms with van der Waals surface area (Å²) in [7, 11) is 0. The lowest BCUT2D eigenvalue weighted by Gasteiger charge is -2.17. The molecule has 1 aliphatic rings. The van der Waals surface area contributed by atoms with Crippen molar-refractivity contribution in [1.82, 2.24) is 10.2 Å². The smallest absolute Gasteiger partial charge is 0.241 e. The molecule has 1 unspecified atom stereocenters. The summed E-state index contributed by atoms with van der Waals surface area (Å²) in [4.78, 5) is 24.8. The first-order valence-electron chi connectivity index (χ1n) is 7.55. The molecule has 0 aromatic heterocycles. The number of nitrogens with two attached hydrogens (primary N) is 1. The predicted octanol–water partition coefficient (Wildman–Crippen LogP) is 0.127. The highest BCUT2D eigenvalue weighted by Crippen LogP contribution is 2.17. The molecule has 6 nitrogen and oxygen atoms in total. The molecule has 1 fully saturated rings. The van der Waals surface area contributed by atoms with Crippen LogP contribution >= 0.6 is 0 Å². The molecule has 1 aromatic rings. The summed E-state index contributed by atoms with van der Waals surface area (Å²) in [6.07, 6.45) is 0.936. The molecule has 120 valence electrons. The van der Waals surface area contributed by atoms with Crippen LogP contribution in [0.3, 0.4) is 0 Å². The van der Waals surface area contributed by atoms with Crippen molar-refractivity contribution < 1.29 is 14.3 Å². The van der Waals surface area contributed by atoms with Gasteiger partial charge in [0.25, 0.3) is 0 Å². The van der Waals surface area contributed by atoms with E-state index >= 15 is 0 Å². The molecule has 0 bridgehead atoms. The van der Waals surface area contributed by atoms with E-state index in [-0.39, 0.29) is 24.9 Å². The number of ether oxygens (including phenoxy) is 1. The van der Waals surface area contributed by atoms with Gasteiger partial charge >= 0.3 is 0 Å². The normalized spacial score (nSPS) is 17.5. The molecule has 1 saturated heterocycles. The second kappa shape index (κ2) is 8.51. The van der Waals surface area contributed by atoms with E-state index in [1.165, 1.54) is 0 Å². The summed E-state index contributed by atoms with van der Waals surface area (Å²) in [5.41, 5.74) is 6.33. The first-order chi connectivity index (χ1) is 10.7. The molecule has 1 aromatic carbocycles. The Kier molecular flexibility index (Phi) is 6.36. The number of hydrogen-bond donors (Lipinski definition) is 2. The molecule has 3 N–H and O–H groups in total. The van der Waals surface area contributed by atoms with Crippen LogP contribution in [0.15, 0.2) is 30.3 Å². The number of carbonyl (C=O) groups is 2. The van der Waals surface area contributed by atoms with E-state index in [2.05, 4.69) is 5.32 Å². The Morgan fingerprint density at radius 3 is 2.82 bits per heavy atom. The minimum Gasteiger partial charge on any atom is -0.376 e. The van der Waals surface area contributed by atoms with E-state index in [0.717, 1.165) is 18.5 Å². The number of hydrogen-bond acceptors (Lipinski definition) is 4. The standard InChI is InChI=1S/C16H23N3O3/c17-8-15(20)18-9-16(21)19-7-6-14(10-19)12-22-11-13-4-2-1-3-5-13/h1-5,14H,6-12,17H2,(H,18,20). The molecular weight excluding hydrogens is 282 g/mol. The van der Waals surface area contributed by atoms with Crippen molar-refractivity contribution in [2.75, 3.05) is 32.8 Å². The van der Waals surface area contributed by atoms with Crippen LogP contribution < -0.4 is 11.1 Å². The third-order valence-electron chi connectivity index (χ3n) is 3.73. The van der Waals surface area contributed by atoms with Crippen LogP contribution in [-0.2, 0) is 20.9 Å². The van der Waals surface area contributed by atoms with Gasteiger partial charge < -0.3 is 20.7 Å². The number of nitrogens with zero attached hydrogens (tertiary/aromatic N) is 1. The maximum absolute atomic E-state index is 11.9. The van der Waals surface area contributed by atoms with Crippen molar-refractivity contribution in [1.29, 1.82) is 0 Å². The van der Waals surface area contributed by atoms with Gasteiger partial charge in [-0.2, -0.15) is 0 Å². The van der Waals surface area contributed by atoms with Crippen LogP contribution in [0.1, 0.15) is 12.0 Å². The number of likely N-dealkylation sites (tertiary alicyclic amines) is 1. The molecule has 6 heteroatoms. The van der Waals surface area contributed by atoms with E-state index in [4.69, 9.17) is 10.5 Å². The predicted molar refractivity (Wildman–Crippen MR) is 82.8 cm³/mol. The van der Waals surface area contributed by atoms with Gasteiger partial charge in [0.15, 0.2) is 0 Å². The number of benzene rings is 1. The van der Waals surface area contributed by atoms with Gasteiger partial charge in [0.1, 0.15) is 0 Å².